The molecule has 2 saturated heterocycles. The number of nitrogens with zero attached hydrogens (tertiary/aromatic N) is 4. The first-order valence-corrected chi connectivity index (χ1v) is 9.87. The van der Waals surface area contributed by atoms with E-state index >= 15 is 0 Å². The number of guanidine groups is 1. The van der Waals surface area contributed by atoms with E-state index in [1.807, 2.05) is 25.0 Å². The Balaban J connectivity index is 0.00000261. The van der Waals surface area contributed by atoms with Gasteiger partial charge >= 0.3 is 0 Å². The molecule has 2 aliphatic heterocycles. The van der Waals surface area contributed by atoms with Gasteiger partial charge in [-0.2, -0.15) is 5.10 Å². The highest BCUT2D eigenvalue weighted by atomic mass is 127. The average Bonchev–Trinajstić information content (AvgIpc) is 3.28. The number of nitrogens with one attached hydrogen (secondary N) is 1. The maximum atomic E-state index is 5.93. The van der Waals surface area contributed by atoms with Gasteiger partial charge in [0.05, 0.1) is 12.3 Å². The number of hydrogen-bond acceptors (Lipinski definition) is 4. The first-order chi connectivity index (χ1) is 12.7. The average molecular weight is 491 g/mol. The van der Waals surface area contributed by atoms with Gasteiger partial charge in [0.15, 0.2) is 5.96 Å². The van der Waals surface area contributed by atoms with Gasteiger partial charge in [0.25, 0.3) is 0 Å². The maximum absolute atomic E-state index is 5.93. The Labute approximate surface area is 179 Å². The molecular formula is C19H34IN5O2. The third kappa shape index (κ3) is 7.23. The Hall–Kier alpha value is -0.870. The number of ether oxygens (including phenoxy) is 2. The fraction of sp³-hybridized carbons (Fsp3) is 0.789. The van der Waals surface area contributed by atoms with E-state index in [4.69, 9.17) is 9.47 Å². The van der Waals surface area contributed by atoms with Crippen LogP contribution in [0.3, 0.4) is 0 Å². The molecule has 3 heterocycles. The van der Waals surface area contributed by atoms with Crippen molar-refractivity contribution in [1.82, 2.24) is 20.0 Å². The standard InChI is InChI=1S/C19H33N5O2.HI/c1-20-19(21-7-3-9-26-18-5-10-25-11-6-18)24-8-4-16(15-24)12-17-13-22-23(2)14-17;/h13-14,16,18H,3-12,15H2,1-2H3,(H,20,21);1H. The lowest BCUT2D eigenvalue weighted by atomic mass is 10.0. The van der Waals surface area contributed by atoms with Gasteiger partial charge < -0.3 is 19.7 Å². The van der Waals surface area contributed by atoms with Crippen LogP contribution < -0.4 is 5.32 Å². The maximum Gasteiger partial charge on any atom is 0.193 e. The second-order valence-electron chi connectivity index (χ2n) is 7.34. The lowest BCUT2D eigenvalue weighted by molar-refractivity contribution is -0.0320. The molecule has 0 aromatic carbocycles. The summed E-state index contributed by atoms with van der Waals surface area (Å²) in [5.74, 6) is 1.69. The van der Waals surface area contributed by atoms with E-state index in [1.165, 1.54) is 12.0 Å². The highest BCUT2D eigenvalue weighted by Gasteiger charge is 2.25. The quantitative estimate of drug-likeness (QED) is 0.274. The summed E-state index contributed by atoms with van der Waals surface area (Å²) in [5, 5.41) is 7.76. The van der Waals surface area contributed by atoms with Crippen molar-refractivity contribution < 1.29 is 9.47 Å². The molecule has 0 spiro atoms. The fourth-order valence-electron chi connectivity index (χ4n) is 3.80. The molecule has 1 atom stereocenters. The van der Waals surface area contributed by atoms with Gasteiger partial charge in [0, 0.05) is 59.7 Å². The summed E-state index contributed by atoms with van der Waals surface area (Å²) in [6, 6.07) is 0. The minimum absolute atomic E-state index is 0. The fourth-order valence-corrected chi connectivity index (χ4v) is 3.80. The molecule has 0 radical (unpaired) electrons. The van der Waals surface area contributed by atoms with Crippen LogP contribution >= 0.6 is 24.0 Å². The lowest BCUT2D eigenvalue weighted by Crippen LogP contribution is -2.40. The summed E-state index contributed by atoms with van der Waals surface area (Å²) in [7, 11) is 3.84. The third-order valence-corrected chi connectivity index (χ3v) is 5.21. The van der Waals surface area contributed by atoms with Crippen molar-refractivity contribution in [2.75, 3.05) is 46.5 Å². The number of hydrogen-bond donors (Lipinski definition) is 1. The molecule has 27 heavy (non-hydrogen) atoms. The van der Waals surface area contributed by atoms with Crippen LogP contribution in [0.1, 0.15) is 31.2 Å². The second kappa shape index (κ2) is 11.9. The first-order valence-electron chi connectivity index (χ1n) is 9.87. The molecule has 0 amide bonds. The van der Waals surface area contributed by atoms with Crippen LogP contribution in [0, 0.1) is 5.92 Å². The molecule has 2 aliphatic rings. The monoisotopic (exact) mass is 491 g/mol. The minimum Gasteiger partial charge on any atom is -0.381 e. The third-order valence-electron chi connectivity index (χ3n) is 5.21. The largest absolute Gasteiger partial charge is 0.381 e. The zero-order chi connectivity index (χ0) is 18.2. The number of halogens is 1. The zero-order valence-electron chi connectivity index (χ0n) is 16.6. The Bertz CT molecular complexity index is 574. The number of aromatic nitrogens is 2. The van der Waals surface area contributed by atoms with Crippen LogP contribution in [0.25, 0.3) is 0 Å². The Kier molecular flexibility index (Phi) is 9.84. The van der Waals surface area contributed by atoms with Crippen LogP contribution in [0.5, 0.6) is 0 Å². The molecule has 1 aromatic heterocycles. The van der Waals surface area contributed by atoms with Crippen LogP contribution in [0.4, 0.5) is 0 Å². The van der Waals surface area contributed by atoms with Gasteiger partial charge in [-0.05, 0) is 43.6 Å². The van der Waals surface area contributed by atoms with Gasteiger partial charge in [-0.3, -0.25) is 9.67 Å². The summed E-state index contributed by atoms with van der Waals surface area (Å²) in [4.78, 5) is 6.84. The van der Waals surface area contributed by atoms with E-state index in [1.54, 1.807) is 0 Å². The molecule has 1 unspecified atom stereocenters. The van der Waals surface area contributed by atoms with Crippen molar-refractivity contribution >= 4 is 29.9 Å². The molecule has 7 nitrogen and oxygen atoms in total. The Morgan fingerprint density at radius 2 is 2.19 bits per heavy atom. The highest BCUT2D eigenvalue weighted by Crippen LogP contribution is 2.20. The van der Waals surface area contributed by atoms with E-state index in [-0.39, 0.29) is 24.0 Å². The molecule has 8 heteroatoms. The zero-order valence-corrected chi connectivity index (χ0v) is 18.9. The van der Waals surface area contributed by atoms with Gasteiger partial charge in [0.1, 0.15) is 0 Å². The Morgan fingerprint density at radius 3 is 2.89 bits per heavy atom. The molecule has 2 fully saturated rings. The van der Waals surface area contributed by atoms with Gasteiger partial charge in [-0.25, -0.2) is 0 Å². The van der Waals surface area contributed by atoms with Crippen molar-refractivity contribution in [2.24, 2.45) is 18.0 Å². The van der Waals surface area contributed by atoms with Crippen molar-refractivity contribution in [2.45, 2.75) is 38.2 Å². The number of rotatable bonds is 7. The number of likely N-dealkylation sites (tertiary alicyclic amines) is 1. The van der Waals surface area contributed by atoms with Crippen LogP contribution in [-0.2, 0) is 22.9 Å². The SMILES string of the molecule is CN=C(NCCCOC1CCOCC1)N1CCC(Cc2cnn(C)c2)C1.I. The first kappa shape index (κ1) is 22.4. The van der Waals surface area contributed by atoms with Gasteiger partial charge in [-0.1, -0.05) is 0 Å². The van der Waals surface area contributed by atoms with Crippen LogP contribution in [-0.4, -0.2) is 73.2 Å². The predicted octanol–water partition coefficient (Wildman–Crippen LogP) is 2.06. The van der Waals surface area contributed by atoms with E-state index in [0.29, 0.717) is 12.0 Å². The smallest absolute Gasteiger partial charge is 0.193 e. The molecule has 0 bridgehead atoms. The summed E-state index contributed by atoms with van der Waals surface area (Å²) >= 11 is 0. The Morgan fingerprint density at radius 1 is 1.37 bits per heavy atom. The summed E-state index contributed by atoms with van der Waals surface area (Å²) in [6.07, 6.45) is 9.85. The van der Waals surface area contributed by atoms with Crippen LogP contribution in [0.2, 0.25) is 0 Å². The minimum atomic E-state index is 0. The molecule has 0 aliphatic carbocycles. The van der Waals surface area contributed by atoms with E-state index in [2.05, 4.69) is 26.5 Å². The van der Waals surface area contributed by atoms with Gasteiger partial charge in [-0.15, -0.1) is 24.0 Å². The van der Waals surface area contributed by atoms with Crippen molar-refractivity contribution in [3.63, 3.8) is 0 Å². The van der Waals surface area contributed by atoms with Crippen LogP contribution in [0.15, 0.2) is 17.4 Å². The van der Waals surface area contributed by atoms with Crippen molar-refractivity contribution in [3.05, 3.63) is 18.0 Å². The van der Waals surface area contributed by atoms with Crippen molar-refractivity contribution in [1.29, 1.82) is 0 Å². The normalized spacial score (nSPS) is 21.3. The summed E-state index contributed by atoms with van der Waals surface area (Å²) in [6.45, 7) is 5.52. The molecule has 0 saturated carbocycles. The molecule has 1 N–H and O–H groups in total. The predicted molar refractivity (Wildman–Crippen MR) is 118 cm³/mol. The lowest BCUT2D eigenvalue weighted by Gasteiger charge is -2.23. The topological polar surface area (TPSA) is 63.9 Å². The second-order valence-corrected chi connectivity index (χ2v) is 7.34. The molecule has 154 valence electrons. The number of aliphatic imine (C=N–C) groups is 1. The molecular weight excluding hydrogens is 457 g/mol. The molecule has 1 aromatic rings. The summed E-state index contributed by atoms with van der Waals surface area (Å²) < 4.78 is 13.2. The highest BCUT2D eigenvalue weighted by molar-refractivity contribution is 14.0. The van der Waals surface area contributed by atoms with Gasteiger partial charge in [0.2, 0.25) is 0 Å². The summed E-state index contributed by atoms with van der Waals surface area (Å²) in [5.41, 5.74) is 1.33. The number of aryl methyl sites for hydroxylation is 1. The van der Waals surface area contributed by atoms with E-state index in [9.17, 15) is 0 Å². The molecule has 3 rings (SSSR count). The van der Waals surface area contributed by atoms with E-state index < -0.39 is 0 Å². The van der Waals surface area contributed by atoms with Crippen molar-refractivity contribution in [3.8, 4) is 0 Å². The van der Waals surface area contributed by atoms with E-state index in [0.717, 1.165) is 71.1 Å².